The van der Waals surface area contributed by atoms with Crippen molar-refractivity contribution in [3.8, 4) is 0 Å². The second-order valence-electron chi connectivity index (χ2n) is 6.19. The van der Waals surface area contributed by atoms with E-state index >= 15 is 0 Å². The van der Waals surface area contributed by atoms with Crippen molar-refractivity contribution in [2.45, 2.75) is 13.0 Å². The van der Waals surface area contributed by atoms with Gasteiger partial charge < -0.3 is 19.6 Å². The zero-order valence-corrected chi connectivity index (χ0v) is 16.9. The Labute approximate surface area is 179 Å². The predicted molar refractivity (Wildman–Crippen MR) is 105 cm³/mol. The maximum absolute atomic E-state index is 13.3. The van der Waals surface area contributed by atoms with Crippen LogP contribution in [-0.4, -0.2) is 41.5 Å². The summed E-state index contributed by atoms with van der Waals surface area (Å²) in [5.41, 5.74) is -1.26. The highest BCUT2D eigenvalue weighted by atomic mass is 19.2. The zero-order chi connectivity index (χ0) is 24.0. The first-order chi connectivity index (χ1) is 15.1. The number of halogens is 4. The highest BCUT2D eigenvalue weighted by Gasteiger charge is 2.27. The van der Waals surface area contributed by atoms with Gasteiger partial charge in [-0.25, -0.2) is 27.3 Å². The Kier molecular flexibility index (Phi) is 8.08. The number of esters is 1. The van der Waals surface area contributed by atoms with E-state index in [1.165, 1.54) is 13.3 Å². The number of nitrogens with zero attached hydrogens (tertiary/aromatic N) is 1. The summed E-state index contributed by atoms with van der Waals surface area (Å²) in [5.74, 6) is -10.2. The Morgan fingerprint density at radius 3 is 2.53 bits per heavy atom. The van der Waals surface area contributed by atoms with Crippen molar-refractivity contribution in [3.05, 3.63) is 76.0 Å². The maximum atomic E-state index is 13.3. The summed E-state index contributed by atoms with van der Waals surface area (Å²) in [6, 6.07) is 0.131. The average Bonchev–Trinajstić information content (AvgIpc) is 3.13. The first-order valence-corrected chi connectivity index (χ1v) is 9.05. The van der Waals surface area contributed by atoms with Gasteiger partial charge in [-0.2, -0.15) is 0 Å². The number of hydrogen-bond acceptors (Lipinski definition) is 7. The van der Waals surface area contributed by atoms with Crippen molar-refractivity contribution in [1.29, 1.82) is 0 Å². The number of likely N-dealkylation sites (N-methyl/N-ethyl adjacent to an activating group) is 1. The van der Waals surface area contributed by atoms with Crippen molar-refractivity contribution < 1.29 is 41.4 Å². The van der Waals surface area contributed by atoms with Gasteiger partial charge >= 0.3 is 5.97 Å². The molecule has 7 nitrogen and oxygen atoms in total. The molecule has 1 aliphatic carbocycles. The smallest absolute Gasteiger partial charge is 0.341 e. The number of carbonyl (C=O) groups excluding carboxylic acids is 2. The molecule has 1 unspecified atom stereocenters. The van der Waals surface area contributed by atoms with E-state index in [9.17, 15) is 32.3 Å². The van der Waals surface area contributed by atoms with Gasteiger partial charge in [0, 0.05) is 6.08 Å². The number of nitrogens with one attached hydrogen (secondary N) is 1. The van der Waals surface area contributed by atoms with Crippen molar-refractivity contribution in [2.75, 3.05) is 13.7 Å². The summed E-state index contributed by atoms with van der Waals surface area (Å²) < 4.78 is 61.4. The molecular weight excluding hydrogens is 436 g/mol. The molecule has 0 bridgehead atoms. The lowest BCUT2D eigenvalue weighted by Gasteiger charge is -2.07. The minimum absolute atomic E-state index is 0.0227. The number of ether oxygens (including phenoxy) is 1. The number of ketones is 1. The minimum atomic E-state index is -2.14. The molecule has 1 atom stereocenters. The van der Waals surface area contributed by atoms with Crippen LogP contribution in [0, 0.1) is 23.3 Å². The third kappa shape index (κ3) is 5.49. The number of aliphatic hydroxyl groups excluding tert-OH is 1. The largest absolute Gasteiger partial charge is 0.508 e. The number of Topliss-reactive ketones (excluding diaryl/α,β-unsaturated/α-hetero) is 1. The first-order valence-electron chi connectivity index (χ1n) is 9.05. The molecular formula is C21H18F4N2O5. The maximum Gasteiger partial charge on any atom is 0.341 e. The van der Waals surface area contributed by atoms with E-state index in [1.54, 1.807) is 12.2 Å². The number of fused-ring (bicyclic) bond motifs is 1. The summed E-state index contributed by atoms with van der Waals surface area (Å²) in [4.78, 5) is 26.7. The van der Waals surface area contributed by atoms with E-state index in [4.69, 9.17) is 4.42 Å². The molecule has 1 heterocycles. The number of aromatic nitrogens is 1. The monoisotopic (exact) mass is 454 g/mol. The first kappa shape index (κ1) is 24.5. The second kappa shape index (κ2) is 10.5. The normalized spacial score (nSPS) is 14.4. The van der Waals surface area contributed by atoms with E-state index in [-0.39, 0.29) is 24.5 Å². The molecule has 32 heavy (non-hydrogen) atoms. The number of aliphatic hydroxyl groups is 1. The van der Waals surface area contributed by atoms with Gasteiger partial charge in [-0.3, -0.25) is 4.79 Å². The van der Waals surface area contributed by atoms with Gasteiger partial charge in [-0.05, 0) is 32.2 Å². The average molecular weight is 454 g/mol. The van der Waals surface area contributed by atoms with E-state index < -0.39 is 46.2 Å². The lowest BCUT2D eigenvalue weighted by atomic mass is 10.0. The van der Waals surface area contributed by atoms with Crippen molar-refractivity contribution in [1.82, 2.24) is 10.3 Å². The van der Waals surface area contributed by atoms with Crippen LogP contribution in [0.1, 0.15) is 17.3 Å². The molecule has 1 aromatic heterocycles. The topological polar surface area (TPSA) is 102 Å². The molecule has 3 rings (SSSR count). The molecule has 2 aromatic rings. The molecule has 2 N–H and O–H groups in total. The number of hydrogen-bond donors (Lipinski definition) is 2. The summed E-state index contributed by atoms with van der Waals surface area (Å²) >= 11 is 0. The summed E-state index contributed by atoms with van der Waals surface area (Å²) in [6.07, 6.45) is 6.49. The molecule has 0 amide bonds. The van der Waals surface area contributed by atoms with Gasteiger partial charge in [-0.1, -0.05) is 6.58 Å². The fourth-order valence-electron chi connectivity index (χ4n) is 2.46. The second-order valence-corrected chi connectivity index (χ2v) is 6.19. The fourth-order valence-corrected chi connectivity index (χ4v) is 2.46. The quantitative estimate of drug-likeness (QED) is 0.104. The van der Waals surface area contributed by atoms with Crippen molar-refractivity contribution in [3.63, 3.8) is 0 Å². The van der Waals surface area contributed by atoms with E-state index in [2.05, 4.69) is 21.6 Å². The fraction of sp³-hybridized carbons (Fsp3) is 0.190. The van der Waals surface area contributed by atoms with Crippen LogP contribution in [0.25, 0.3) is 12.2 Å². The summed E-state index contributed by atoms with van der Waals surface area (Å²) in [5, 5.41) is 13.1. The lowest BCUT2D eigenvalue weighted by Crippen LogP contribution is -2.27. The summed E-state index contributed by atoms with van der Waals surface area (Å²) in [6.45, 7) is 4.43. The predicted octanol–water partition coefficient (Wildman–Crippen LogP) is 1.82. The van der Waals surface area contributed by atoms with Gasteiger partial charge in [0.15, 0.2) is 35.1 Å². The van der Waals surface area contributed by atoms with Crippen LogP contribution in [0.3, 0.4) is 0 Å². The van der Waals surface area contributed by atoms with Crippen LogP contribution >= 0.6 is 0 Å². The van der Waals surface area contributed by atoms with Gasteiger partial charge in [0.2, 0.25) is 5.78 Å². The standard InChI is InChI=1S/C12H8F4O3.C9H10N2O2/c1-3-19-12(18)5(2)11(17)6-4-7(13)9(15)10(16)8(6)14;1-10-6-2-7(12)4-8-9(3-6)13-5-11-8/h4H,2-3H2,1H3;2-6,10,12H,1H3. The van der Waals surface area contributed by atoms with Crippen LogP contribution < -0.4 is 16.1 Å². The Hall–Kier alpha value is -3.73. The number of oxazole rings is 1. The van der Waals surface area contributed by atoms with Crippen LogP contribution in [0.15, 0.2) is 40.9 Å². The van der Waals surface area contributed by atoms with E-state index in [1.807, 2.05) is 13.1 Å². The number of benzene rings is 1. The lowest BCUT2D eigenvalue weighted by molar-refractivity contribution is -0.138. The zero-order valence-electron chi connectivity index (χ0n) is 16.9. The summed E-state index contributed by atoms with van der Waals surface area (Å²) in [7, 11) is 1.81. The highest BCUT2D eigenvalue weighted by molar-refractivity contribution is 6.23. The van der Waals surface area contributed by atoms with Crippen LogP contribution in [0.2, 0.25) is 0 Å². The highest BCUT2D eigenvalue weighted by Crippen LogP contribution is 2.21. The number of carbonyl (C=O) groups is 2. The molecule has 0 fully saturated rings. The van der Waals surface area contributed by atoms with Crippen molar-refractivity contribution >= 4 is 23.9 Å². The van der Waals surface area contributed by atoms with E-state index in [0.717, 1.165) is 0 Å². The van der Waals surface area contributed by atoms with E-state index in [0.29, 0.717) is 10.8 Å². The molecule has 0 spiro atoms. The van der Waals surface area contributed by atoms with Crippen LogP contribution in [0.5, 0.6) is 0 Å². The molecule has 1 aromatic carbocycles. The molecule has 170 valence electrons. The van der Waals surface area contributed by atoms with Crippen molar-refractivity contribution in [2.24, 2.45) is 0 Å². The third-order valence-electron chi connectivity index (χ3n) is 4.07. The third-order valence-corrected chi connectivity index (χ3v) is 4.07. The van der Waals surface area contributed by atoms with Crippen LogP contribution in [-0.2, 0) is 9.53 Å². The molecule has 0 saturated carbocycles. The van der Waals surface area contributed by atoms with Gasteiger partial charge in [0.1, 0.15) is 16.7 Å². The Morgan fingerprint density at radius 1 is 1.22 bits per heavy atom. The molecule has 11 heteroatoms. The number of rotatable bonds is 5. The molecule has 0 aliphatic heterocycles. The van der Waals surface area contributed by atoms with Gasteiger partial charge in [0.05, 0.1) is 18.2 Å². The molecule has 1 aliphatic rings. The Bertz CT molecular complexity index is 1200. The minimum Gasteiger partial charge on any atom is -0.508 e. The molecule has 0 saturated heterocycles. The van der Waals surface area contributed by atoms with Gasteiger partial charge in [-0.15, -0.1) is 0 Å². The Balaban J connectivity index is 0.000000242. The Morgan fingerprint density at radius 2 is 1.91 bits per heavy atom. The van der Waals surface area contributed by atoms with Crippen LogP contribution in [0.4, 0.5) is 17.6 Å². The van der Waals surface area contributed by atoms with Gasteiger partial charge in [0.25, 0.3) is 0 Å². The number of allylic oxidation sites excluding steroid dienone is 1. The molecule has 0 radical (unpaired) electrons. The SMILES string of the molecule is C=C(C(=O)OCC)C(=O)c1cc(F)c(F)c(F)c1F.CNC1C=C(O)C=c2ncoc2=C1.